The molecule has 7 heteroatoms. The van der Waals surface area contributed by atoms with Crippen LogP contribution < -0.4 is 18.9 Å². The molecule has 1 aliphatic rings. The normalized spacial score (nSPS) is 15.3. The minimum absolute atomic E-state index is 0.0391. The van der Waals surface area contributed by atoms with Gasteiger partial charge in [-0.15, -0.1) is 0 Å². The molecule has 7 nitrogen and oxygen atoms in total. The summed E-state index contributed by atoms with van der Waals surface area (Å²) >= 11 is 0. The van der Waals surface area contributed by atoms with Gasteiger partial charge in [0.05, 0.1) is 28.4 Å². The number of nitrogens with zero attached hydrogens (tertiary/aromatic N) is 1. The maximum absolute atomic E-state index is 11.4. The zero-order valence-electron chi connectivity index (χ0n) is 15.2. The molecule has 2 aromatic rings. The number of phenols is 1. The van der Waals surface area contributed by atoms with Crippen molar-refractivity contribution in [1.82, 2.24) is 0 Å². The van der Waals surface area contributed by atoms with E-state index in [9.17, 15) is 10.0 Å². The van der Waals surface area contributed by atoms with Crippen LogP contribution in [0.25, 0.3) is 11.1 Å². The molecule has 1 N–H and O–H groups in total. The second kappa shape index (κ2) is 7.11. The van der Waals surface area contributed by atoms with Gasteiger partial charge in [-0.2, -0.15) is 4.91 Å². The quantitative estimate of drug-likeness (QED) is 0.816. The highest BCUT2D eigenvalue weighted by Crippen LogP contribution is 2.52. The number of hydrogen-bond donors (Lipinski definition) is 1. The Morgan fingerprint density at radius 1 is 0.962 bits per heavy atom. The van der Waals surface area contributed by atoms with Crippen LogP contribution in [0.15, 0.2) is 23.4 Å². The molecular weight excluding hydrogens is 338 g/mol. The fourth-order valence-electron chi connectivity index (χ4n) is 3.50. The summed E-state index contributed by atoms with van der Waals surface area (Å²) in [5.74, 6) is 1.78. The molecule has 1 atom stereocenters. The summed E-state index contributed by atoms with van der Waals surface area (Å²) < 4.78 is 21.8. The maximum Gasteiger partial charge on any atom is 0.203 e. The first-order chi connectivity index (χ1) is 12.6. The molecule has 0 radical (unpaired) electrons. The van der Waals surface area contributed by atoms with Gasteiger partial charge >= 0.3 is 0 Å². The SMILES string of the molecule is COc1cc2c(cc1O)C(N=O)CCc1cc(OC)c(OC)c(OC)c1-2. The van der Waals surface area contributed by atoms with Gasteiger partial charge in [0.15, 0.2) is 23.0 Å². The Balaban J connectivity index is 2.41. The minimum Gasteiger partial charge on any atom is -0.504 e. The lowest BCUT2D eigenvalue weighted by Gasteiger charge is -2.20. The van der Waals surface area contributed by atoms with Crippen LogP contribution in [0.3, 0.4) is 0 Å². The summed E-state index contributed by atoms with van der Waals surface area (Å²) in [5.41, 5.74) is 3.07. The monoisotopic (exact) mass is 359 g/mol. The molecule has 0 saturated heterocycles. The van der Waals surface area contributed by atoms with Crippen molar-refractivity contribution in [3.8, 4) is 39.9 Å². The number of methoxy groups -OCH3 is 4. The van der Waals surface area contributed by atoms with Crippen molar-refractivity contribution in [2.75, 3.05) is 28.4 Å². The summed E-state index contributed by atoms with van der Waals surface area (Å²) in [6.45, 7) is 0. The second-order valence-electron chi connectivity index (χ2n) is 5.95. The van der Waals surface area contributed by atoms with Crippen molar-refractivity contribution < 1.29 is 24.1 Å². The lowest BCUT2D eigenvalue weighted by atomic mass is 9.93. The predicted octanol–water partition coefficient (Wildman–Crippen LogP) is 3.85. The molecule has 0 heterocycles. The molecular formula is C19H21NO6. The van der Waals surface area contributed by atoms with E-state index in [2.05, 4.69) is 5.18 Å². The van der Waals surface area contributed by atoms with Crippen molar-refractivity contribution in [2.45, 2.75) is 18.9 Å². The lowest BCUT2D eigenvalue weighted by Crippen LogP contribution is -2.01. The van der Waals surface area contributed by atoms with E-state index in [1.807, 2.05) is 6.07 Å². The molecule has 26 heavy (non-hydrogen) atoms. The third-order valence-corrected chi connectivity index (χ3v) is 4.71. The van der Waals surface area contributed by atoms with E-state index < -0.39 is 6.04 Å². The van der Waals surface area contributed by atoms with Crippen molar-refractivity contribution in [3.63, 3.8) is 0 Å². The zero-order valence-corrected chi connectivity index (χ0v) is 15.2. The number of aryl methyl sites for hydroxylation is 1. The minimum atomic E-state index is -0.587. The highest BCUT2D eigenvalue weighted by molar-refractivity contribution is 5.84. The number of benzene rings is 2. The van der Waals surface area contributed by atoms with Crippen molar-refractivity contribution in [3.05, 3.63) is 34.2 Å². The highest BCUT2D eigenvalue weighted by Gasteiger charge is 2.30. The van der Waals surface area contributed by atoms with Crippen LogP contribution in [-0.4, -0.2) is 33.5 Å². The van der Waals surface area contributed by atoms with Gasteiger partial charge in [0.1, 0.15) is 6.04 Å². The standard InChI is InChI=1S/C19H21NO6/c1-23-15-9-12-11(8-14(15)21)13(20-22)6-5-10-7-16(24-2)18(25-3)19(26-4)17(10)12/h7-9,13,21H,5-6H2,1-4H3. The summed E-state index contributed by atoms with van der Waals surface area (Å²) in [6.07, 6.45) is 1.11. The van der Waals surface area contributed by atoms with Gasteiger partial charge in [-0.3, -0.25) is 0 Å². The largest absolute Gasteiger partial charge is 0.504 e. The van der Waals surface area contributed by atoms with Crippen LogP contribution >= 0.6 is 0 Å². The summed E-state index contributed by atoms with van der Waals surface area (Å²) in [7, 11) is 6.12. The van der Waals surface area contributed by atoms with Gasteiger partial charge in [-0.25, -0.2) is 0 Å². The van der Waals surface area contributed by atoms with Gasteiger partial charge in [0.25, 0.3) is 0 Å². The third kappa shape index (κ3) is 2.69. The van der Waals surface area contributed by atoms with Crippen LogP contribution in [0.2, 0.25) is 0 Å². The van der Waals surface area contributed by atoms with E-state index in [4.69, 9.17) is 18.9 Å². The van der Waals surface area contributed by atoms with E-state index >= 15 is 0 Å². The Hall–Kier alpha value is -2.96. The Labute approximate surface area is 151 Å². The molecule has 0 aliphatic heterocycles. The molecule has 1 unspecified atom stereocenters. The topological polar surface area (TPSA) is 86.6 Å². The molecule has 2 aromatic carbocycles. The lowest BCUT2D eigenvalue weighted by molar-refractivity contribution is 0.324. The molecule has 0 saturated carbocycles. The van der Waals surface area contributed by atoms with Gasteiger partial charge in [-0.05, 0) is 47.7 Å². The van der Waals surface area contributed by atoms with Gasteiger partial charge < -0.3 is 24.1 Å². The van der Waals surface area contributed by atoms with Crippen LogP contribution in [-0.2, 0) is 6.42 Å². The fourth-order valence-corrected chi connectivity index (χ4v) is 3.50. The first-order valence-corrected chi connectivity index (χ1v) is 8.15. The number of rotatable bonds is 5. The van der Waals surface area contributed by atoms with E-state index in [0.29, 0.717) is 41.4 Å². The second-order valence-corrected chi connectivity index (χ2v) is 5.95. The predicted molar refractivity (Wildman–Crippen MR) is 96.6 cm³/mol. The Morgan fingerprint density at radius 3 is 2.23 bits per heavy atom. The average Bonchev–Trinajstić information content (AvgIpc) is 2.81. The van der Waals surface area contributed by atoms with Crippen LogP contribution in [0.1, 0.15) is 23.6 Å². The first-order valence-electron chi connectivity index (χ1n) is 8.15. The van der Waals surface area contributed by atoms with Crippen LogP contribution in [0.4, 0.5) is 0 Å². The molecule has 3 rings (SSSR count). The van der Waals surface area contributed by atoms with Gasteiger partial charge in [-0.1, -0.05) is 5.18 Å². The van der Waals surface area contributed by atoms with Gasteiger partial charge in [0.2, 0.25) is 5.75 Å². The first kappa shape index (κ1) is 17.8. The maximum atomic E-state index is 11.4. The Morgan fingerprint density at radius 2 is 1.65 bits per heavy atom. The Bertz CT molecular complexity index is 849. The zero-order chi connectivity index (χ0) is 18.8. The van der Waals surface area contributed by atoms with Crippen molar-refractivity contribution >= 4 is 0 Å². The summed E-state index contributed by atoms with van der Waals surface area (Å²) in [4.78, 5) is 11.4. The molecule has 0 aromatic heterocycles. The molecule has 1 aliphatic carbocycles. The number of phenolic OH excluding ortho intramolecular Hbond substituents is 1. The van der Waals surface area contributed by atoms with Crippen molar-refractivity contribution in [1.29, 1.82) is 0 Å². The van der Waals surface area contributed by atoms with E-state index in [1.54, 1.807) is 20.3 Å². The third-order valence-electron chi connectivity index (χ3n) is 4.71. The number of aromatic hydroxyl groups is 1. The van der Waals surface area contributed by atoms with Crippen LogP contribution in [0.5, 0.6) is 28.7 Å². The number of hydrogen-bond acceptors (Lipinski definition) is 7. The molecule has 0 fully saturated rings. The summed E-state index contributed by atoms with van der Waals surface area (Å²) in [6, 6.07) is 4.52. The molecule has 0 amide bonds. The van der Waals surface area contributed by atoms with E-state index in [0.717, 1.165) is 16.7 Å². The number of ether oxygens (including phenoxy) is 4. The summed E-state index contributed by atoms with van der Waals surface area (Å²) in [5, 5.41) is 13.4. The van der Waals surface area contributed by atoms with E-state index in [-0.39, 0.29) is 5.75 Å². The molecule has 0 spiro atoms. The Kier molecular flexibility index (Phi) is 4.88. The van der Waals surface area contributed by atoms with Crippen molar-refractivity contribution in [2.24, 2.45) is 5.18 Å². The molecule has 138 valence electrons. The smallest absolute Gasteiger partial charge is 0.203 e. The average molecular weight is 359 g/mol. The number of fused-ring (bicyclic) bond motifs is 3. The highest BCUT2D eigenvalue weighted by atomic mass is 16.5. The molecule has 0 bridgehead atoms. The van der Waals surface area contributed by atoms with E-state index in [1.165, 1.54) is 20.3 Å². The van der Waals surface area contributed by atoms with Gasteiger partial charge in [0, 0.05) is 5.56 Å². The van der Waals surface area contributed by atoms with Crippen LogP contribution in [0, 0.1) is 4.91 Å². The number of nitroso groups, excluding NO2 is 1. The fraction of sp³-hybridized carbons (Fsp3) is 0.368.